The van der Waals surface area contributed by atoms with Crippen LogP contribution in [0.1, 0.15) is 20.8 Å². The van der Waals surface area contributed by atoms with Crippen molar-refractivity contribution in [3.05, 3.63) is 22.9 Å². The van der Waals surface area contributed by atoms with Crippen LogP contribution in [0.2, 0.25) is 0 Å². The van der Waals surface area contributed by atoms with E-state index in [-0.39, 0.29) is 30.2 Å². The summed E-state index contributed by atoms with van der Waals surface area (Å²) in [6.45, 7) is 5.88. The monoisotopic (exact) mass is 377 g/mol. The zero-order valence-corrected chi connectivity index (χ0v) is 15.8. The second-order valence-corrected chi connectivity index (χ2v) is 6.82. The number of amides is 1. The highest BCUT2D eigenvalue weighted by Crippen LogP contribution is 2.13. The summed E-state index contributed by atoms with van der Waals surface area (Å²) in [5.41, 5.74) is 0.0450. The van der Waals surface area contributed by atoms with Gasteiger partial charge in [0.1, 0.15) is 18.3 Å². The van der Waals surface area contributed by atoms with Crippen LogP contribution >= 0.6 is 0 Å². The average molecular weight is 377 g/mol. The first-order valence-electron chi connectivity index (χ1n) is 8.77. The topological polar surface area (TPSA) is 109 Å². The van der Waals surface area contributed by atoms with Gasteiger partial charge in [-0.1, -0.05) is 0 Å². The molecule has 0 N–H and O–H groups in total. The van der Waals surface area contributed by atoms with Crippen molar-refractivity contribution < 1.29 is 19.1 Å². The van der Waals surface area contributed by atoms with Gasteiger partial charge < -0.3 is 14.4 Å². The Bertz CT molecular complexity index is 910. The predicted molar refractivity (Wildman–Crippen MR) is 94.9 cm³/mol. The van der Waals surface area contributed by atoms with Crippen LogP contribution in [0.3, 0.4) is 0 Å². The van der Waals surface area contributed by atoms with Gasteiger partial charge >= 0.3 is 5.97 Å². The first kappa shape index (κ1) is 19.0. The number of fused-ring (bicyclic) bond motifs is 1. The molecule has 0 aliphatic carbocycles. The average Bonchev–Trinajstić information content (AvgIpc) is 2.97. The molecule has 2 aromatic heterocycles. The second-order valence-electron chi connectivity index (χ2n) is 6.82. The summed E-state index contributed by atoms with van der Waals surface area (Å²) in [5, 5.41) is 4.29. The van der Waals surface area contributed by atoms with Crippen LogP contribution in [0.15, 0.2) is 17.3 Å². The fraction of sp³-hybridized carbons (Fsp3) is 0.588. The quantitative estimate of drug-likeness (QED) is 0.673. The van der Waals surface area contributed by atoms with Crippen LogP contribution in [0.25, 0.3) is 11.0 Å². The molecule has 27 heavy (non-hydrogen) atoms. The van der Waals surface area contributed by atoms with E-state index in [2.05, 4.69) is 10.1 Å². The third-order valence-electron chi connectivity index (χ3n) is 4.40. The zero-order chi connectivity index (χ0) is 19.7. The molecule has 1 aliphatic rings. The molecule has 10 heteroatoms. The molecule has 0 spiro atoms. The Balaban J connectivity index is 1.64. The number of hydrogen-bond acceptors (Lipinski definition) is 7. The molecule has 3 rings (SSSR count). The first-order valence-corrected chi connectivity index (χ1v) is 8.77. The number of carbonyl (C=O) groups excluding carboxylic acids is 2. The molecule has 1 saturated heterocycles. The van der Waals surface area contributed by atoms with Gasteiger partial charge in [-0.15, -0.1) is 0 Å². The summed E-state index contributed by atoms with van der Waals surface area (Å²) in [6, 6.07) is 0. The van der Waals surface area contributed by atoms with E-state index in [1.54, 1.807) is 11.9 Å². The van der Waals surface area contributed by atoms with E-state index in [0.29, 0.717) is 24.1 Å². The number of nitrogens with zero attached hydrogens (tertiary/aromatic N) is 5. The van der Waals surface area contributed by atoms with E-state index in [9.17, 15) is 14.4 Å². The van der Waals surface area contributed by atoms with Gasteiger partial charge in [-0.25, -0.2) is 4.98 Å². The molecular weight excluding hydrogens is 354 g/mol. The molecular formula is C17H23N5O5. The van der Waals surface area contributed by atoms with Crippen LogP contribution in [0.4, 0.5) is 0 Å². The Morgan fingerprint density at radius 2 is 2.00 bits per heavy atom. The summed E-state index contributed by atoms with van der Waals surface area (Å²) in [6.07, 6.45) is 1.58. The van der Waals surface area contributed by atoms with Gasteiger partial charge in [-0.2, -0.15) is 5.10 Å². The minimum Gasteiger partial charge on any atom is -0.451 e. The molecule has 0 bridgehead atoms. The van der Waals surface area contributed by atoms with Gasteiger partial charge in [0, 0.05) is 20.1 Å². The van der Waals surface area contributed by atoms with Crippen molar-refractivity contribution in [3.8, 4) is 0 Å². The molecule has 0 radical (unpaired) electrons. The number of aryl methyl sites for hydroxylation is 1. The van der Waals surface area contributed by atoms with Gasteiger partial charge in [0.15, 0.2) is 11.8 Å². The van der Waals surface area contributed by atoms with Crippen molar-refractivity contribution in [3.63, 3.8) is 0 Å². The van der Waals surface area contributed by atoms with Crippen molar-refractivity contribution in [2.45, 2.75) is 45.6 Å². The van der Waals surface area contributed by atoms with E-state index >= 15 is 0 Å². The number of hydrogen-bond donors (Lipinski definition) is 0. The number of ether oxygens (including phenoxy) is 2. The van der Waals surface area contributed by atoms with E-state index in [1.807, 2.05) is 13.8 Å². The number of rotatable bonds is 4. The van der Waals surface area contributed by atoms with Crippen molar-refractivity contribution in [1.82, 2.24) is 24.2 Å². The molecule has 1 aliphatic heterocycles. The maximum Gasteiger partial charge on any atom is 0.326 e. The summed E-state index contributed by atoms with van der Waals surface area (Å²) < 4.78 is 13.5. The van der Waals surface area contributed by atoms with Crippen molar-refractivity contribution in [2.24, 2.45) is 7.05 Å². The Kier molecular flexibility index (Phi) is 5.26. The summed E-state index contributed by atoms with van der Waals surface area (Å²) in [7, 11) is 1.67. The van der Waals surface area contributed by atoms with Crippen LogP contribution < -0.4 is 5.56 Å². The SMILES string of the molecule is CC1CN(C(=O)C(C)OC(=O)Cn2cnc3c(cnn3C)c2=O)CC(C)O1. The Morgan fingerprint density at radius 3 is 2.67 bits per heavy atom. The normalized spacial score (nSPS) is 21.3. The molecule has 146 valence electrons. The van der Waals surface area contributed by atoms with Crippen LogP contribution in [-0.2, 0) is 32.7 Å². The lowest BCUT2D eigenvalue weighted by atomic mass is 10.2. The predicted octanol–water partition coefficient (Wildman–Crippen LogP) is -0.302. The van der Waals surface area contributed by atoms with E-state index in [0.717, 1.165) is 4.57 Å². The highest BCUT2D eigenvalue weighted by molar-refractivity contribution is 5.83. The molecule has 1 amide bonds. The number of carbonyl (C=O) groups is 2. The number of aromatic nitrogens is 4. The van der Waals surface area contributed by atoms with Crippen molar-refractivity contribution in [2.75, 3.05) is 13.1 Å². The third kappa shape index (κ3) is 4.00. The van der Waals surface area contributed by atoms with E-state index < -0.39 is 12.1 Å². The smallest absolute Gasteiger partial charge is 0.326 e. The standard InChI is InChI=1S/C17H23N5O5/c1-10-6-21(7-11(2)26-10)16(24)12(3)27-14(23)8-22-9-18-15-13(17(22)25)5-19-20(15)4/h5,9-12H,6-8H2,1-4H3. The molecule has 1 fully saturated rings. The molecule has 0 aromatic carbocycles. The van der Waals surface area contributed by atoms with Gasteiger partial charge in [0.2, 0.25) is 0 Å². The van der Waals surface area contributed by atoms with Gasteiger partial charge in [-0.3, -0.25) is 23.6 Å². The maximum atomic E-state index is 12.5. The lowest BCUT2D eigenvalue weighted by Gasteiger charge is -2.36. The molecule has 3 unspecified atom stereocenters. The maximum absolute atomic E-state index is 12.5. The van der Waals surface area contributed by atoms with Crippen LogP contribution in [0.5, 0.6) is 0 Å². The minimum absolute atomic E-state index is 0.0727. The highest BCUT2D eigenvalue weighted by Gasteiger charge is 2.30. The number of esters is 1. The fourth-order valence-electron chi connectivity index (χ4n) is 3.22. The van der Waals surface area contributed by atoms with Gasteiger partial charge in [-0.05, 0) is 20.8 Å². The summed E-state index contributed by atoms with van der Waals surface area (Å²) >= 11 is 0. The molecule has 10 nitrogen and oxygen atoms in total. The van der Waals surface area contributed by atoms with Gasteiger partial charge in [0.05, 0.1) is 18.4 Å². The second kappa shape index (κ2) is 7.47. The fourth-order valence-corrected chi connectivity index (χ4v) is 3.22. The summed E-state index contributed by atoms with van der Waals surface area (Å²) in [5.74, 6) is -0.962. The Morgan fingerprint density at radius 1 is 1.33 bits per heavy atom. The van der Waals surface area contributed by atoms with Crippen molar-refractivity contribution in [1.29, 1.82) is 0 Å². The largest absolute Gasteiger partial charge is 0.451 e. The van der Waals surface area contributed by atoms with Crippen LogP contribution in [0, 0.1) is 0 Å². The summed E-state index contributed by atoms with van der Waals surface area (Å²) in [4.78, 5) is 42.9. The zero-order valence-electron chi connectivity index (χ0n) is 15.8. The molecule has 3 atom stereocenters. The minimum atomic E-state index is -0.944. The van der Waals surface area contributed by atoms with E-state index in [4.69, 9.17) is 9.47 Å². The lowest BCUT2D eigenvalue weighted by Crippen LogP contribution is -2.51. The first-order chi connectivity index (χ1) is 12.8. The molecule has 2 aromatic rings. The van der Waals surface area contributed by atoms with Crippen LogP contribution in [-0.4, -0.2) is 67.5 Å². The Labute approximate surface area is 155 Å². The molecule has 0 saturated carbocycles. The van der Waals surface area contributed by atoms with Gasteiger partial charge in [0.25, 0.3) is 11.5 Å². The van der Waals surface area contributed by atoms with Crippen molar-refractivity contribution >= 4 is 22.9 Å². The lowest BCUT2D eigenvalue weighted by molar-refractivity contribution is -0.164. The highest BCUT2D eigenvalue weighted by atomic mass is 16.5. The Hall–Kier alpha value is -2.75. The van der Waals surface area contributed by atoms with E-state index in [1.165, 1.54) is 24.1 Å². The third-order valence-corrected chi connectivity index (χ3v) is 4.40. The molecule has 3 heterocycles. The number of morpholine rings is 1.